The molecule has 128 valence electrons. The van der Waals surface area contributed by atoms with Crippen LogP contribution >= 0.6 is 11.3 Å². The van der Waals surface area contributed by atoms with E-state index in [1.54, 1.807) is 16.3 Å². The maximum atomic E-state index is 12.6. The van der Waals surface area contributed by atoms with Crippen molar-refractivity contribution in [3.8, 4) is 10.6 Å². The Labute approximate surface area is 146 Å². The minimum atomic E-state index is -0.295. The molecule has 3 atom stereocenters. The molecule has 24 heavy (non-hydrogen) atoms. The van der Waals surface area contributed by atoms with Crippen LogP contribution in [-0.2, 0) is 11.8 Å². The van der Waals surface area contributed by atoms with Crippen molar-refractivity contribution in [3.05, 3.63) is 23.5 Å². The topological polar surface area (TPSA) is 57.0 Å². The van der Waals surface area contributed by atoms with Crippen molar-refractivity contribution in [2.24, 2.45) is 23.8 Å². The molecule has 2 aliphatic rings. The lowest BCUT2D eigenvalue weighted by atomic mass is 9.70. The SMILES string of the molecule is Cn1cc(-c2nc(C(=O)O[C@H]3C[C@H]4CC[C@@]3(C)C4(C)C)cs2)cn1. The first kappa shape index (κ1) is 15.8. The quantitative estimate of drug-likeness (QED) is 0.791. The van der Waals surface area contributed by atoms with Gasteiger partial charge < -0.3 is 4.74 Å². The fourth-order valence-corrected chi connectivity index (χ4v) is 5.29. The first-order chi connectivity index (χ1) is 11.3. The molecule has 0 radical (unpaired) electrons. The molecular formula is C18H23N3O2S. The average molecular weight is 345 g/mol. The summed E-state index contributed by atoms with van der Waals surface area (Å²) in [5.74, 6) is 0.359. The summed E-state index contributed by atoms with van der Waals surface area (Å²) in [4.78, 5) is 17.0. The molecule has 0 amide bonds. The minimum absolute atomic E-state index is 0.00212. The van der Waals surface area contributed by atoms with Crippen LogP contribution in [0.2, 0.25) is 0 Å². The molecule has 2 saturated carbocycles. The van der Waals surface area contributed by atoms with Gasteiger partial charge in [0, 0.05) is 29.6 Å². The number of hydrogen-bond acceptors (Lipinski definition) is 5. The van der Waals surface area contributed by atoms with Crippen molar-refractivity contribution < 1.29 is 9.53 Å². The van der Waals surface area contributed by atoms with Crippen molar-refractivity contribution >= 4 is 17.3 Å². The lowest BCUT2D eigenvalue weighted by Gasteiger charge is -2.38. The fourth-order valence-electron chi connectivity index (χ4n) is 4.53. The van der Waals surface area contributed by atoms with Crippen molar-refractivity contribution in [1.82, 2.24) is 14.8 Å². The van der Waals surface area contributed by atoms with Gasteiger partial charge in [-0.2, -0.15) is 5.10 Å². The summed E-state index contributed by atoms with van der Waals surface area (Å²) >= 11 is 1.45. The van der Waals surface area contributed by atoms with E-state index in [0.717, 1.165) is 23.4 Å². The fraction of sp³-hybridized carbons (Fsp3) is 0.611. The Balaban J connectivity index is 1.51. The third kappa shape index (κ3) is 2.15. The number of rotatable bonds is 3. The number of carbonyl (C=O) groups is 1. The van der Waals surface area contributed by atoms with Crippen molar-refractivity contribution in [1.29, 1.82) is 0 Å². The van der Waals surface area contributed by atoms with Gasteiger partial charge in [0.2, 0.25) is 0 Å². The molecule has 2 aromatic heterocycles. The summed E-state index contributed by atoms with van der Waals surface area (Å²) in [5.41, 5.74) is 1.65. The molecule has 2 bridgehead atoms. The van der Waals surface area contributed by atoms with Crippen LogP contribution in [0.4, 0.5) is 0 Å². The molecule has 0 aliphatic heterocycles. The summed E-state index contributed by atoms with van der Waals surface area (Å²) in [6.07, 6.45) is 7.03. The molecule has 2 fully saturated rings. The molecule has 2 aliphatic carbocycles. The highest BCUT2D eigenvalue weighted by atomic mass is 32.1. The maximum Gasteiger partial charge on any atom is 0.358 e. The van der Waals surface area contributed by atoms with Gasteiger partial charge in [0.05, 0.1) is 6.20 Å². The second-order valence-corrected chi connectivity index (χ2v) is 8.80. The van der Waals surface area contributed by atoms with Crippen molar-refractivity contribution in [2.75, 3.05) is 0 Å². The predicted molar refractivity (Wildman–Crippen MR) is 92.7 cm³/mol. The Morgan fingerprint density at radius 1 is 1.42 bits per heavy atom. The summed E-state index contributed by atoms with van der Waals surface area (Å²) in [5, 5.41) is 6.73. The number of aromatic nitrogens is 3. The zero-order valence-corrected chi connectivity index (χ0v) is 15.4. The summed E-state index contributed by atoms with van der Waals surface area (Å²) in [7, 11) is 1.86. The average Bonchev–Trinajstić information content (AvgIpc) is 3.24. The molecule has 6 heteroatoms. The van der Waals surface area contributed by atoms with Crippen LogP contribution in [0.3, 0.4) is 0 Å². The lowest BCUT2D eigenvalue weighted by molar-refractivity contribution is -0.0246. The van der Waals surface area contributed by atoms with Crippen LogP contribution in [0.15, 0.2) is 17.8 Å². The number of nitrogens with zero attached hydrogens (tertiary/aromatic N) is 3. The predicted octanol–water partition coefficient (Wildman–Crippen LogP) is 3.92. The number of thiazole rings is 1. The standard InChI is InChI=1S/C18H23N3O2S/c1-17(2)12-5-6-18(17,3)14(7-12)23-16(22)13-10-24-15(20-13)11-8-19-21(4)9-11/h8-10,12,14H,5-7H2,1-4H3/t12-,14+,18-/m1/s1. The Morgan fingerprint density at radius 3 is 2.79 bits per heavy atom. The highest BCUT2D eigenvalue weighted by Crippen LogP contribution is 2.66. The van der Waals surface area contributed by atoms with Gasteiger partial charge in [-0.3, -0.25) is 4.68 Å². The second kappa shape index (κ2) is 5.15. The van der Waals surface area contributed by atoms with E-state index in [1.807, 2.05) is 13.2 Å². The zero-order chi connectivity index (χ0) is 17.1. The van der Waals surface area contributed by atoms with Gasteiger partial charge in [-0.15, -0.1) is 11.3 Å². The van der Waals surface area contributed by atoms with E-state index in [4.69, 9.17) is 4.74 Å². The zero-order valence-electron chi connectivity index (χ0n) is 14.6. The Hall–Kier alpha value is -1.69. The maximum absolute atomic E-state index is 12.6. The normalized spacial score (nSPS) is 30.7. The number of fused-ring (bicyclic) bond motifs is 2. The van der Waals surface area contributed by atoms with Gasteiger partial charge in [0.25, 0.3) is 0 Å². The number of ether oxygens (including phenoxy) is 1. The van der Waals surface area contributed by atoms with Gasteiger partial charge in [-0.25, -0.2) is 9.78 Å². The van der Waals surface area contributed by atoms with Gasteiger partial charge in [-0.05, 0) is 30.6 Å². The van der Waals surface area contributed by atoms with Crippen LogP contribution in [0.25, 0.3) is 10.6 Å². The van der Waals surface area contributed by atoms with E-state index in [-0.39, 0.29) is 22.9 Å². The number of hydrogen-bond donors (Lipinski definition) is 0. The molecule has 4 rings (SSSR count). The van der Waals surface area contributed by atoms with Crippen LogP contribution < -0.4 is 0 Å². The largest absolute Gasteiger partial charge is 0.457 e. The molecule has 2 aromatic rings. The van der Waals surface area contributed by atoms with Crippen LogP contribution in [0.5, 0.6) is 0 Å². The molecule has 0 aromatic carbocycles. The van der Waals surface area contributed by atoms with Crippen molar-refractivity contribution in [3.63, 3.8) is 0 Å². The Morgan fingerprint density at radius 2 is 2.21 bits per heavy atom. The summed E-state index contributed by atoms with van der Waals surface area (Å²) in [6, 6.07) is 0. The van der Waals surface area contributed by atoms with E-state index in [2.05, 4.69) is 30.9 Å². The second-order valence-electron chi connectivity index (χ2n) is 7.94. The first-order valence-electron chi connectivity index (χ1n) is 8.47. The van der Waals surface area contributed by atoms with Gasteiger partial charge in [-0.1, -0.05) is 20.8 Å². The molecule has 0 saturated heterocycles. The molecule has 0 N–H and O–H groups in total. The van der Waals surface area contributed by atoms with Gasteiger partial charge in [0.1, 0.15) is 11.1 Å². The van der Waals surface area contributed by atoms with E-state index >= 15 is 0 Å². The minimum Gasteiger partial charge on any atom is -0.457 e. The molecule has 0 unspecified atom stereocenters. The van der Waals surface area contributed by atoms with E-state index in [9.17, 15) is 4.79 Å². The van der Waals surface area contributed by atoms with Crippen molar-refractivity contribution in [2.45, 2.75) is 46.1 Å². The third-order valence-electron chi connectivity index (χ3n) is 6.63. The molecule has 5 nitrogen and oxygen atoms in total. The number of esters is 1. The molecule has 2 heterocycles. The summed E-state index contributed by atoms with van der Waals surface area (Å²) in [6.45, 7) is 6.92. The number of aryl methyl sites for hydroxylation is 1. The first-order valence-corrected chi connectivity index (χ1v) is 9.35. The smallest absolute Gasteiger partial charge is 0.358 e. The van der Waals surface area contributed by atoms with Gasteiger partial charge in [0.15, 0.2) is 5.69 Å². The number of carbonyl (C=O) groups excluding carboxylic acids is 1. The van der Waals surface area contributed by atoms with E-state index in [1.165, 1.54) is 17.8 Å². The Kier molecular flexibility index (Phi) is 3.39. The highest BCUT2D eigenvalue weighted by molar-refractivity contribution is 7.13. The van der Waals surface area contributed by atoms with E-state index in [0.29, 0.717) is 11.6 Å². The van der Waals surface area contributed by atoms with Gasteiger partial charge >= 0.3 is 5.97 Å². The van der Waals surface area contributed by atoms with Crippen LogP contribution in [-0.4, -0.2) is 26.8 Å². The van der Waals surface area contributed by atoms with Crippen LogP contribution in [0, 0.1) is 16.7 Å². The lowest BCUT2D eigenvalue weighted by Crippen LogP contribution is -2.38. The van der Waals surface area contributed by atoms with Crippen LogP contribution in [0.1, 0.15) is 50.5 Å². The molecular weight excluding hydrogens is 322 g/mol. The third-order valence-corrected chi connectivity index (χ3v) is 7.52. The highest BCUT2D eigenvalue weighted by Gasteiger charge is 2.62. The van der Waals surface area contributed by atoms with E-state index < -0.39 is 0 Å². The molecule has 0 spiro atoms. The summed E-state index contributed by atoms with van der Waals surface area (Å²) < 4.78 is 7.64. The Bertz CT molecular complexity index is 794. The monoisotopic (exact) mass is 345 g/mol.